The fourth-order valence-corrected chi connectivity index (χ4v) is 3.25. The SMILES string of the molecule is CC1CN(c2ccccc2-c2ccccc2)C(=O)CN1C(=O)CNC(N)=O. The van der Waals surface area contributed by atoms with Gasteiger partial charge in [0.2, 0.25) is 11.8 Å². The molecule has 0 aromatic heterocycles. The number of rotatable bonds is 4. The highest BCUT2D eigenvalue weighted by Crippen LogP contribution is 2.32. The van der Waals surface area contributed by atoms with Crippen molar-refractivity contribution in [3.05, 3.63) is 54.6 Å². The first kappa shape index (κ1) is 18.4. The average Bonchev–Trinajstić information content (AvgIpc) is 2.68. The van der Waals surface area contributed by atoms with Crippen LogP contribution in [0.25, 0.3) is 11.1 Å². The molecular weight excluding hydrogens is 344 g/mol. The molecule has 7 nitrogen and oxygen atoms in total. The van der Waals surface area contributed by atoms with E-state index in [0.717, 1.165) is 16.8 Å². The van der Waals surface area contributed by atoms with Crippen LogP contribution >= 0.6 is 0 Å². The lowest BCUT2D eigenvalue weighted by molar-refractivity contribution is -0.138. The third-order valence-electron chi connectivity index (χ3n) is 4.60. The van der Waals surface area contributed by atoms with E-state index in [0.29, 0.717) is 6.54 Å². The molecular formula is C20H22N4O3. The fraction of sp³-hybridized carbons (Fsp3) is 0.250. The number of para-hydroxylation sites is 1. The molecule has 2 aromatic rings. The number of primary amides is 1. The van der Waals surface area contributed by atoms with Gasteiger partial charge in [0.15, 0.2) is 0 Å². The second kappa shape index (κ2) is 7.90. The number of piperazine rings is 1. The number of benzene rings is 2. The van der Waals surface area contributed by atoms with E-state index in [4.69, 9.17) is 5.73 Å². The van der Waals surface area contributed by atoms with Crippen LogP contribution in [0.3, 0.4) is 0 Å². The lowest BCUT2D eigenvalue weighted by Crippen LogP contribution is -2.58. The number of nitrogens with one attached hydrogen (secondary N) is 1. The molecule has 3 rings (SSSR count). The third kappa shape index (κ3) is 4.08. The van der Waals surface area contributed by atoms with Gasteiger partial charge in [-0.25, -0.2) is 4.79 Å². The second-order valence-corrected chi connectivity index (χ2v) is 6.48. The van der Waals surface area contributed by atoms with E-state index in [9.17, 15) is 14.4 Å². The van der Waals surface area contributed by atoms with Crippen LogP contribution < -0.4 is 16.0 Å². The minimum absolute atomic E-state index is 0.0381. The molecule has 3 N–H and O–H groups in total. The fourth-order valence-electron chi connectivity index (χ4n) is 3.25. The van der Waals surface area contributed by atoms with Crippen molar-refractivity contribution in [3.63, 3.8) is 0 Å². The van der Waals surface area contributed by atoms with Crippen molar-refractivity contribution in [1.82, 2.24) is 10.2 Å². The van der Waals surface area contributed by atoms with Crippen LogP contribution in [0.4, 0.5) is 10.5 Å². The van der Waals surface area contributed by atoms with Crippen LogP contribution in [-0.4, -0.2) is 48.4 Å². The predicted octanol–water partition coefficient (Wildman–Crippen LogP) is 1.59. The molecule has 0 spiro atoms. The van der Waals surface area contributed by atoms with E-state index in [1.165, 1.54) is 4.90 Å². The second-order valence-electron chi connectivity index (χ2n) is 6.48. The Kier molecular flexibility index (Phi) is 5.40. The molecule has 1 aliphatic rings. The number of amides is 4. The topological polar surface area (TPSA) is 95.7 Å². The first-order chi connectivity index (χ1) is 13.0. The Bertz CT molecular complexity index is 853. The van der Waals surface area contributed by atoms with Gasteiger partial charge in [-0.2, -0.15) is 0 Å². The van der Waals surface area contributed by atoms with Gasteiger partial charge in [0.25, 0.3) is 0 Å². The third-order valence-corrected chi connectivity index (χ3v) is 4.60. The van der Waals surface area contributed by atoms with Crippen molar-refractivity contribution >= 4 is 23.5 Å². The maximum atomic E-state index is 12.8. The van der Waals surface area contributed by atoms with Gasteiger partial charge in [0.05, 0.1) is 12.2 Å². The maximum absolute atomic E-state index is 12.8. The molecule has 1 unspecified atom stereocenters. The number of anilines is 1. The zero-order valence-corrected chi connectivity index (χ0v) is 15.1. The van der Waals surface area contributed by atoms with Crippen molar-refractivity contribution in [3.8, 4) is 11.1 Å². The van der Waals surface area contributed by atoms with Crippen LogP contribution in [0.2, 0.25) is 0 Å². The number of urea groups is 1. The Morgan fingerprint density at radius 2 is 1.78 bits per heavy atom. The van der Waals surface area contributed by atoms with Crippen molar-refractivity contribution in [2.45, 2.75) is 13.0 Å². The Balaban J connectivity index is 1.82. The van der Waals surface area contributed by atoms with Gasteiger partial charge in [-0.15, -0.1) is 0 Å². The largest absolute Gasteiger partial charge is 0.352 e. The van der Waals surface area contributed by atoms with Gasteiger partial charge in [0.1, 0.15) is 6.54 Å². The molecule has 1 aliphatic heterocycles. The standard InChI is InChI=1S/C20H22N4O3/c1-14-12-24(19(26)13-23(14)18(25)11-22-20(21)27)17-10-6-5-9-16(17)15-7-3-2-4-8-15/h2-10,14H,11-13H2,1H3,(H3,21,22,27). The summed E-state index contributed by atoms with van der Waals surface area (Å²) in [5, 5.41) is 2.27. The summed E-state index contributed by atoms with van der Waals surface area (Å²) < 4.78 is 0. The first-order valence-corrected chi connectivity index (χ1v) is 8.75. The van der Waals surface area contributed by atoms with Gasteiger partial charge in [-0.05, 0) is 18.6 Å². The predicted molar refractivity (Wildman–Crippen MR) is 103 cm³/mol. The zero-order valence-electron chi connectivity index (χ0n) is 15.1. The average molecular weight is 366 g/mol. The molecule has 7 heteroatoms. The van der Waals surface area contributed by atoms with Crippen LogP contribution in [0, 0.1) is 0 Å². The zero-order chi connectivity index (χ0) is 19.4. The van der Waals surface area contributed by atoms with Crippen LogP contribution in [0.1, 0.15) is 6.92 Å². The first-order valence-electron chi connectivity index (χ1n) is 8.75. The van der Waals surface area contributed by atoms with Crippen molar-refractivity contribution in [2.75, 3.05) is 24.5 Å². The lowest BCUT2D eigenvalue weighted by atomic mass is 10.0. The highest BCUT2D eigenvalue weighted by atomic mass is 16.2. The molecule has 1 heterocycles. The van der Waals surface area contributed by atoms with Crippen LogP contribution in [0.5, 0.6) is 0 Å². The number of carbonyl (C=O) groups is 3. The van der Waals surface area contributed by atoms with Crippen LogP contribution in [-0.2, 0) is 9.59 Å². The normalized spacial score (nSPS) is 16.9. The van der Waals surface area contributed by atoms with Crippen molar-refractivity contribution in [1.29, 1.82) is 0 Å². The van der Waals surface area contributed by atoms with Gasteiger partial charge < -0.3 is 20.9 Å². The quantitative estimate of drug-likeness (QED) is 0.860. The molecule has 0 aliphatic carbocycles. The van der Waals surface area contributed by atoms with E-state index in [1.807, 2.05) is 61.5 Å². The maximum Gasteiger partial charge on any atom is 0.312 e. The van der Waals surface area contributed by atoms with Gasteiger partial charge in [0, 0.05) is 18.2 Å². The highest BCUT2D eigenvalue weighted by Gasteiger charge is 2.33. The van der Waals surface area contributed by atoms with E-state index in [-0.39, 0.29) is 30.9 Å². The molecule has 0 radical (unpaired) electrons. The summed E-state index contributed by atoms with van der Waals surface area (Å²) >= 11 is 0. The number of carbonyl (C=O) groups excluding carboxylic acids is 3. The van der Waals surface area contributed by atoms with Crippen molar-refractivity contribution < 1.29 is 14.4 Å². The number of nitrogens with zero attached hydrogens (tertiary/aromatic N) is 2. The summed E-state index contributed by atoms with van der Waals surface area (Å²) in [7, 11) is 0. The Morgan fingerprint density at radius 3 is 2.48 bits per heavy atom. The monoisotopic (exact) mass is 366 g/mol. The summed E-state index contributed by atoms with van der Waals surface area (Å²) in [6.07, 6.45) is 0. The molecule has 4 amide bonds. The van der Waals surface area contributed by atoms with E-state index >= 15 is 0 Å². The highest BCUT2D eigenvalue weighted by molar-refractivity contribution is 6.01. The molecule has 140 valence electrons. The molecule has 1 saturated heterocycles. The smallest absolute Gasteiger partial charge is 0.312 e. The molecule has 1 atom stereocenters. The summed E-state index contributed by atoms with van der Waals surface area (Å²) in [5.74, 6) is -0.491. The number of nitrogens with two attached hydrogens (primary N) is 1. The van der Waals surface area contributed by atoms with Crippen molar-refractivity contribution in [2.24, 2.45) is 5.73 Å². The van der Waals surface area contributed by atoms with E-state index < -0.39 is 6.03 Å². The van der Waals surface area contributed by atoms with E-state index in [1.54, 1.807) is 4.90 Å². The summed E-state index contributed by atoms with van der Waals surface area (Å²) in [5.41, 5.74) is 7.82. The number of hydrogen-bond donors (Lipinski definition) is 2. The van der Waals surface area contributed by atoms with Gasteiger partial charge >= 0.3 is 6.03 Å². The molecule has 0 bridgehead atoms. The molecule has 0 saturated carbocycles. The Morgan fingerprint density at radius 1 is 1.11 bits per heavy atom. The summed E-state index contributed by atoms with van der Waals surface area (Å²) in [4.78, 5) is 39.1. The van der Waals surface area contributed by atoms with E-state index in [2.05, 4.69) is 5.32 Å². The molecule has 2 aromatic carbocycles. The van der Waals surface area contributed by atoms with Gasteiger partial charge in [-0.1, -0.05) is 48.5 Å². The molecule has 1 fully saturated rings. The number of hydrogen-bond acceptors (Lipinski definition) is 3. The Labute approximate surface area is 157 Å². The minimum atomic E-state index is -0.766. The summed E-state index contributed by atoms with van der Waals surface area (Å²) in [6.45, 7) is 2.01. The van der Waals surface area contributed by atoms with Crippen LogP contribution in [0.15, 0.2) is 54.6 Å². The Hall–Kier alpha value is -3.35. The lowest BCUT2D eigenvalue weighted by Gasteiger charge is -2.40. The molecule has 27 heavy (non-hydrogen) atoms. The summed E-state index contributed by atoms with van der Waals surface area (Å²) in [6, 6.07) is 16.6. The van der Waals surface area contributed by atoms with Gasteiger partial charge in [-0.3, -0.25) is 9.59 Å². The minimum Gasteiger partial charge on any atom is -0.352 e.